The minimum atomic E-state index is -0.250. The highest BCUT2D eigenvalue weighted by atomic mass is 79.9. The highest BCUT2D eigenvalue weighted by molar-refractivity contribution is 9.11. The van der Waals surface area contributed by atoms with E-state index in [2.05, 4.69) is 83.5 Å². The molecule has 1 aromatic carbocycles. The zero-order valence-corrected chi connectivity index (χ0v) is 29.1. The first kappa shape index (κ1) is 40.7. The van der Waals surface area contributed by atoms with E-state index in [9.17, 15) is 4.79 Å². The predicted molar refractivity (Wildman–Crippen MR) is 176 cm³/mol. The number of esters is 1. The molecule has 0 saturated carbocycles. The van der Waals surface area contributed by atoms with Gasteiger partial charge in [0.15, 0.2) is 0 Å². The topological polar surface area (TPSA) is 29.5 Å². The second kappa shape index (κ2) is 24.2. The number of hydrogen-bond acceptors (Lipinski definition) is 3. The molecule has 0 aliphatic carbocycles. The van der Waals surface area contributed by atoms with Gasteiger partial charge >= 0.3 is 5.97 Å². The van der Waals surface area contributed by atoms with Gasteiger partial charge in [0.05, 0.1) is 12.7 Å². The third-order valence-electron chi connectivity index (χ3n) is 5.95. The molecule has 1 rings (SSSR count). The number of benzene rings is 1. The van der Waals surface area contributed by atoms with Crippen LogP contribution in [0.25, 0.3) is 0 Å². The minimum Gasteiger partial charge on any atom is -0.465 e. The quantitative estimate of drug-likeness (QED) is 0.199. The van der Waals surface area contributed by atoms with E-state index in [1.54, 1.807) is 0 Å². The Morgan fingerprint density at radius 2 is 1.42 bits per heavy atom. The molecule has 0 fully saturated rings. The number of rotatable bonds is 10. The Hall–Kier alpha value is -1.81. The molecule has 4 heteroatoms. The van der Waals surface area contributed by atoms with Crippen molar-refractivity contribution >= 4 is 21.9 Å². The van der Waals surface area contributed by atoms with E-state index in [1.165, 1.54) is 60.6 Å². The fourth-order valence-electron chi connectivity index (χ4n) is 3.91. The van der Waals surface area contributed by atoms with Crippen molar-refractivity contribution in [3.63, 3.8) is 0 Å². The number of ether oxygens (including phenoxy) is 1. The molecule has 0 saturated heterocycles. The molecule has 0 amide bonds. The van der Waals surface area contributed by atoms with Crippen LogP contribution in [0.15, 0.2) is 46.1 Å². The lowest BCUT2D eigenvalue weighted by Gasteiger charge is -2.21. The highest BCUT2D eigenvalue weighted by Gasteiger charge is 2.17. The molecular weight excluding hydrogens is 534 g/mol. The van der Waals surface area contributed by atoms with Gasteiger partial charge in [-0.2, -0.15) is 0 Å². The summed E-state index contributed by atoms with van der Waals surface area (Å²) in [6, 6.07) is 3.93. The monoisotopic (exact) mass is 593 g/mol. The molecule has 1 aromatic rings. The van der Waals surface area contributed by atoms with Gasteiger partial charge in [0.2, 0.25) is 0 Å². The summed E-state index contributed by atoms with van der Waals surface area (Å²) >= 11 is 3.57. The third-order valence-corrected chi connectivity index (χ3v) is 6.84. The zero-order chi connectivity index (χ0) is 30.4. The molecule has 0 atom stereocenters. The van der Waals surface area contributed by atoms with E-state index >= 15 is 0 Å². The molecule has 0 bridgehead atoms. The molecule has 0 aliphatic rings. The second-order valence-corrected chi connectivity index (χ2v) is 10.5. The minimum absolute atomic E-state index is 0.250. The lowest BCUT2D eigenvalue weighted by atomic mass is 9.84. The molecule has 38 heavy (non-hydrogen) atoms. The van der Waals surface area contributed by atoms with Crippen LogP contribution in [0.2, 0.25) is 0 Å². The maximum atomic E-state index is 11.6. The summed E-state index contributed by atoms with van der Waals surface area (Å²) in [6.45, 7) is 25.4. The molecule has 0 N–H and O–H groups in total. The first-order chi connectivity index (χ1) is 17.9. The molecular formula is C34H60BrNO2. The van der Waals surface area contributed by atoms with Crippen LogP contribution in [0, 0.1) is 19.8 Å². The average molecular weight is 595 g/mol. The number of halogens is 1. The van der Waals surface area contributed by atoms with E-state index < -0.39 is 0 Å². The Morgan fingerprint density at radius 1 is 0.974 bits per heavy atom. The van der Waals surface area contributed by atoms with Crippen LogP contribution in [-0.4, -0.2) is 32.1 Å². The maximum Gasteiger partial charge on any atom is 0.337 e. The summed E-state index contributed by atoms with van der Waals surface area (Å²) < 4.78 is 5.94. The van der Waals surface area contributed by atoms with Gasteiger partial charge in [-0.15, -0.1) is 0 Å². The SMILES string of the molecule is CC.CC.CC(/C=C(\C)C(C)C)=C(Br)\C=C/N(C)C.CCCC(CCC)c1c(C)cc(C(=O)OC)cc1C. The predicted octanol–water partition coefficient (Wildman–Crippen LogP) is 11.2. The fraction of sp³-hybridized carbons (Fsp3) is 0.618. The second-order valence-electron chi connectivity index (χ2n) is 9.64. The molecule has 3 nitrogen and oxygen atoms in total. The van der Waals surface area contributed by atoms with Gasteiger partial charge in [-0.3, -0.25) is 0 Å². The molecule has 0 radical (unpaired) electrons. The molecule has 0 aromatic heterocycles. The number of hydrogen-bond donors (Lipinski definition) is 0. The highest BCUT2D eigenvalue weighted by Crippen LogP contribution is 2.32. The molecule has 0 heterocycles. The summed E-state index contributed by atoms with van der Waals surface area (Å²) in [4.78, 5) is 13.6. The summed E-state index contributed by atoms with van der Waals surface area (Å²) in [6.07, 6.45) is 11.2. The fourth-order valence-corrected chi connectivity index (χ4v) is 4.14. The lowest BCUT2D eigenvalue weighted by molar-refractivity contribution is 0.0600. The Bertz CT molecular complexity index is 834. The summed E-state index contributed by atoms with van der Waals surface area (Å²) in [5.41, 5.74) is 7.19. The first-order valence-electron chi connectivity index (χ1n) is 14.5. The molecule has 220 valence electrons. The Kier molecular flexibility index (Phi) is 26.0. The van der Waals surface area contributed by atoms with Crippen LogP contribution < -0.4 is 0 Å². The van der Waals surface area contributed by atoms with Gasteiger partial charge < -0.3 is 9.64 Å². The van der Waals surface area contributed by atoms with Crippen LogP contribution in [-0.2, 0) is 4.74 Å². The number of carbonyl (C=O) groups is 1. The normalized spacial score (nSPS) is 11.6. The molecule has 0 spiro atoms. The third kappa shape index (κ3) is 16.9. The van der Waals surface area contributed by atoms with Gasteiger partial charge in [-0.25, -0.2) is 4.79 Å². The number of methoxy groups -OCH3 is 1. The Labute approximate surface area is 246 Å². The van der Waals surface area contributed by atoms with E-state index in [-0.39, 0.29) is 5.97 Å². The van der Waals surface area contributed by atoms with Gasteiger partial charge in [0, 0.05) is 18.6 Å². The van der Waals surface area contributed by atoms with Gasteiger partial charge in [0.1, 0.15) is 0 Å². The van der Waals surface area contributed by atoms with Crippen molar-refractivity contribution in [1.29, 1.82) is 0 Å². The van der Waals surface area contributed by atoms with Crippen molar-refractivity contribution in [2.45, 2.75) is 115 Å². The van der Waals surface area contributed by atoms with Crippen molar-refractivity contribution in [1.82, 2.24) is 4.90 Å². The largest absolute Gasteiger partial charge is 0.465 e. The zero-order valence-electron chi connectivity index (χ0n) is 27.5. The van der Waals surface area contributed by atoms with Gasteiger partial charge in [0.25, 0.3) is 0 Å². The van der Waals surface area contributed by atoms with E-state index in [4.69, 9.17) is 4.74 Å². The number of carbonyl (C=O) groups excluding carboxylic acids is 1. The van der Waals surface area contributed by atoms with Crippen LogP contribution in [0.4, 0.5) is 0 Å². The first-order valence-corrected chi connectivity index (χ1v) is 15.3. The number of aryl methyl sites for hydroxylation is 2. The van der Waals surface area contributed by atoms with Crippen molar-refractivity contribution < 1.29 is 9.53 Å². The molecule has 0 unspecified atom stereocenters. The Balaban J connectivity index is -0.000000582. The smallest absolute Gasteiger partial charge is 0.337 e. The summed E-state index contributed by atoms with van der Waals surface area (Å²) in [5, 5.41) is 0. The van der Waals surface area contributed by atoms with Crippen molar-refractivity contribution in [2.75, 3.05) is 21.2 Å². The molecule has 0 aliphatic heterocycles. The average Bonchev–Trinajstić information content (AvgIpc) is 2.89. The van der Waals surface area contributed by atoms with Gasteiger partial charge in [-0.05, 0) is 99.0 Å². The van der Waals surface area contributed by atoms with Crippen molar-refractivity contribution in [3.05, 3.63) is 68.4 Å². The Morgan fingerprint density at radius 3 is 1.76 bits per heavy atom. The van der Waals surface area contributed by atoms with Crippen LogP contribution in [0.1, 0.15) is 128 Å². The summed E-state index contributed by atoms with van der Waals surface area (Å²) in [7, 11) is 5.46. The van der Waals surface area contributed by atoms with E-state index in [1.807, 2.05) is 65.0 Å². The summed E-state index contributed by atoms with van der Waals surface area (Å²) in [5.74, 6) is 0.972. The standard InChI is InChI=1S/C17H26O2.C13H22BrN.2C2H6/c1-6-8-14(9-7-2)16-12(3)10-15(11-13(16)4)17(18)19-5;1-10(2)11(3)9-12(4)13(14)7-8-15(5)6;2*1-2/h10-11,14H,6-9H2,1-5H3;7-10H,1-6H3;2*1-2H3/b;8-7-,11-9+,13-12-;;. The van der Waals surface area contributed by atoms with Crippen LogP contribution >= 0.6 is 15.9 Å². The van der Waals surface area contributed by atoms with E-state index in [0.717, 1.165) is 4.48 Å². The van der Waals surface area contributed by atoms with Crippen molar-refractivity contribution in [2.24, 2.45) is 5.92 Å². The van der Waals surface area contributed by atoms with Gasteiger partial charge in [-0.1, -0.05) is 95.8 Å². The van der Waals surface area contributed by atoms with Crippen LogP contribution in [0.3, 0.4) is 0 Å². The van der Waals surface area contributed by atoms with E-state index in [0.29, 0.717) is 17.4 Å². The van der Waals surface area contributed by atoms with Crippen molar-refractivity contribution in [3.8, 4) is 0 Å². The number of nitrogens with zero attached hydrogens (tertiary/aromatic N) is 1. The number of allylic oxidation sites excluding steroid dienone is 5. The lowest BCUT2D eigenvalue weighted by Crippen LogP contribution is -2.08. The van der Waals surface area contributed by atoms with Crippen LogP contribution in [0.5, 0.6) is 0 Å². The maximum absolute atomic E-state index is 11.6.